The minimum atomic E-state index is -0.482. The SMILES string of the molecule is COCCN1C(=O)C(CC(=O)Nc2ccc(Cl)cc2)Cn2c1nc1ccccc12. The van der Waals surface area contributed by atoms with Crippen molar-refractivity contribution in [2.45, 2.75) is 13.0 Å². The molecule has 0 fully saturated rings. The average molecular weight is 413 g/mol. The van der Waals surface area contributed by atoms with Gasteiger partial charge >= 0.3 is 0 Å². The van der Waals surface area contributed by atoms with Crippen molar-refractivity contribution in [1.82, 2.24) is 9.55 Å². The molecule has 2 amide bonds. The quantitative estimate of drug-likeness (QED) is 0.673. The predicted octanol–water partition coefficient (Wildman–Crippen LogP) is 3.33. The van der Waals surface area contributed by atoms with Crippen molar-refractivity contribution in [3.05, 3.63) is 53.6 Å². The fraction of sp³-hybridized carbons (Fsp3) is 0.286. The van der Waals surface area contributed by atoms with Gasteiger partial charge in [-0.15, -0.1) is 0 Å². The van der Waals surface area contributed by atoms with Gasteiger partial charge < -0.3 is 14.6 Å². The molecule has 7 nitrogen and oxygen atoms in total. The second kappa shape index (κ2) is 8.23. The highest BCUT2D eigenvalue weighted by molar-refractivity contribution is 6.30. The van der Waals surface area contributed by atoms with Crippen LogP contribution in [-0.4, -0.2) is 41.6 Å². The van der Waals surface area contributed by atoms with Gasteiger partial charge in [-0.3, -0.25) is 14.5 Å². The number of nitrogens with one attached hydrogen (secondary N) is 1. The van der Waals surface area contributed by atoms with E-state index in [0.717, 1.165) is 11.0 Å². The van der Waals surface area contributed by atoms with Crippen LogP contribution in [0.15, 0.2) is 48.5 Å². The molecular formula is C21H21ClN4O3. The number of fused-ring (bicyclic) bond motifs is 3. The molecule has 0 radical (unpaired) electrons. The maximum atomic E-state index is 13.1. The number of hydrogen-bond acceptors (Lipinski definition) is 4. The number of para-hydroxylation sites is 2. The Morgan fingerprint density at radius 2 is 2.00 bits per heavy atom. The zero-order chi connectivity index (χ0) is 20.4. The molecule has 3 aromatic rings. The summed E-state index contributed by atoms with van der Waals surface area (Å²) in [5.74, 6) is -0.215. The van der Waals surface area contributed by atoms with Gasteiger partial charge in [0.15, 0.2) is 0 Å². The van der Waals surface area contributed by atoms with Crippen molar-refractivity contribution >= 4 is 46.1 Å². The summed E-state index contributed by atoms with van der Waals surface area (Å²) >= 11 is 5.88. The summed E-state index contributed by atoms with van der Waals surface area (Å²) in [5.41, 5.74) is 2.41. The van der Waals surface area contributed by atoms with Crippen molar-refractivity contribution in [3.63, 3.8) is 0 Å². The lowest BCUT2D eigenvalue weighted by molar-refractivity contribution is -0.127. The molecule has 29 heavy (non-hydrogen) atoms. The number of carbonyl (C=O) groups is 2. The molecule has 2 heterocycles. The van der Waals surface area contributed by atoms with Gasteiger partial charge in [-0.25, -0.2) is 4.98 Å². The molecule has 4 rings (SSSR count). The number of amides is 2. The summed E-state index contributed by atoms with van der Waals surface area (Å²) in [7, 11) is 1.59. The van der Waals surface area contributed by atoms with Crippen LogP contribution in [0.1, 0.15) is 6.42 Å². The molecule has 8 heteroatoms. The maximum Gasteiger partial charge on any atom is 0.234 e. The molecule has 1 unspecified atom stereocenters. The van der Waals surface area contributed by atoms with E-state index in [1.165, 1.54) is 0 Å². The smallest absolute Gasteiger partial charge is 0.234 e. The van der Waals surface area contributed by atoms with E-state index >= 15 is 0 Å². The second-order valence-electron chi connectivity index (χ2n) is 6.95. The first kappa shape index (κ1) is 19.4. The van der Waals surface area contributed by atoms with Crippen LogP contribution in [0.4, 0.5) is 11.6 Å². The second-order valence-corrected chi connectivity index (χ2v) is 7.39. The number of anilines is 2. The summed E-state index contributed by atoms with van der Waals surface area (Å²) < 4.78 is 7.17. The number of aromatic nitrogens is 2. The van der Waals surface area contributed by atoms with E-state index in [9.17, 15) is 9.59 Å². The molecule has 0 saturated heterocycles. The summed E-state index contributed by atoms with van der Waals surface area (Å²) in [4.78, 5) is 31.9. The third-order valence-electron chi connectivity index (χ3n) is 4.97. The number of rotatable bonds is 6. The number of ether oxygens (including phenoxy) is 1. The number of carbonyl (C=O) groups excluding carboxylic acids is 2. The Morgan fingerprint density at radius 1 is 1.24 bits per heavy atom. The molecule has 2 aromatic carbocycles. The lowest BCUT2D eigenvalue weighted by Gasteiger charge is -2.32. The Balaban J connectivity index is 1.58. The highest BCUT2D eigenvalue weighted by Gasteiger charge is 2.36. The predicted molar refractivity (Wildman–Crippen MR) is 112 cm³/mol. The van der Waals surface area contributed by atoms with E-state index in [1.807, 2.05) is 28.8 Å². The molecule has 0 spiro atoms. The Hall–Kier alpha value is -2.90. The van der Waals surface area contributed by atoms with Gasteiger partial charge in [-0.05, 0) is 36.4 Å². The first-order valence-corrected chi connectivity index (χ1v) is 9.75. The molecule has 1 aliphatic rings. The molecule has 0 bridgehead atoms. The summed E-state index contributed by atoms with van der Waals surface area (Å²) in [6.45, 7) is 1.18. The number of imidazole rings is 1. The molecule has 0 saturated carbocycles. The fourth-order valence-corrected chi connectivity index (χ4v) is 3.71. The van der Waals surface area contributed by atoms with E-state index < -0.39 is 5.92 Å². The number of halogens is 1. The van der Waals surface area contributed by atoms with E-state index in [0.29, 0.717) is 36.4 Å². The fourth-order valence-electron chi connectivity index (χ4n) is 3.58. The van der Waals surface area contributed by atoms with E-state index in [2.05, 4.69) is 10.3 Å². The van der Waals surface area contributed by atoms with Gasteiger partial charge in [-0.1, -0.05) is 23.7 Å². The number of nitrogens with zero attached hydrogens (tertiary/aromatic N) is 3. The highest BCUT2D eigenvalue weighted by atomic mass is 35.5. The van der Waals surface area contributed by atoms with Crippen LogP contribution in [0.25, 0.3) is 11.0 Å². The normalized spacial score (nSPS) is 16.1. The Kier molecular flexibility index (Phi) is 5.51. The third-order valence-corrected chi connectivity index (χ3v) is 5.22. The van der Waals surface area contributed by atoms with Gasteiger partial charge in [0, 0.05) is 30.8 Å². The third kappa shape index (κ3) is 3.97. The maximum absolute atomic E-state index is 13.1. The lowest BCUT2D eigenvalue weighted by Crippen LogP contribution is -2.46. The zero-order valence-electron chi connectivity index (χ0n) is 16.0. The van der Waals surface area contributed by atoms with Crippen LogP contribution < -0.4 is 10.2 Å². The Bertz CT molecular complexity index is 1050. The first-order chi connectivity index (χ1) is 14.1. The molecule has 1 N–H and O–H groups in total. The van der Waals surface area contributed by atoms with Crippen molar-refractivity contribution in [2.75, 3.05) is 30.5 Å². The van der Waals surface area contributed by atoms with E-state index in [-0.39, 0.29) is 18.2 Å². The monoisotopic (exact) mass is 412 g/mol. The molecule has 150 valence electrons. The highest BCUT2D eigenvalue weighted by Crippen LogP contribution is 2.31. The molecule has 1 aromatic heterocycles. The summed E-state index contributed by atoms with van der Waals surface area (Å²) in [6.07, 6.45) is 0.0802. The zero-order valence-corrected chi connectivity index (χ0v) is 16.7. The van der Waals surface area contributed by atoms with Gasteiger partial charge in [0.25, 0.3) is 0 Å². The summed E-state index contributed by atoms with van der Waals surface area (Å²) in [5, 5.41) is 3.43. The number of benzene rings is 2. The first-order valence-electron chi connectivity index (χ1n) is 9.38. The van der Waals surface area contributed by atoms with Crippen molar-refractivity contribution in [2.24, 2.45) is 5.92 Å². The average Bonchev–Trinajstić information content (AvgIpc) is 3.08. The van der Waals surface area contributed by atoms with E-state index in [4.69, 9.17) is 16.3 Å². The molecule has 1 atom stereocenters. The van der Waals surface area contributed by atoms with Crippen LogP contribution >= 0.6 is 11.6 Å². The van der Waals surface area contributed by atoms with Crippen LogP contribution in [-0.2, 0) is 20.9 Å². The Morgan fingerprint density at radius 3 is 2.76 bits per heavy atom. The minimum Gasteiger partial charge on any atom is -0.383 e. The standard InChI is InChI=1S/C21H21ClN4O3/c1-29-11-10-25-20(28)14(12-19(27)23-16-8-6-15(22)7-9-16)13-26-18-5-3-2-4-17(18)24-21(25)26/h2-9,14H,10-13H2,1H3,(H,23,27). The molecule has 0 aliphatic carbocycles. The van der Waals surface area contributed by atoms with Gasteiger partial charge in [-0.2, -0.15) is 0 Å². The van der Waals surface area contributed by atoms with Crippen molar-refractivity contribution in [1.29, 1.82) is 0 Å². The minimum absolute atomic E-state index is 0.0802. The van der Waals surface area contributed by atoms with Crippen LogP contribution in [0, 0.1) is 5.92 Å². The van der Waals surface area contributed by atoms with E-state index in [1.54, 1.807) is 36.3 Å². The van der Waals surface area contributed by atoms with Gasteiger partial charge in [0.1, 0.15) is 0 Å². The number of hydrogen-bond donors (Lipinski definition) is 1. The van der Waals surface area contributed by atoms with Crippen LogP contribution in [0.5, 0.6) is 0 Å². The number of methoxy groups -OCH3 is 1. The summed E-state index contributed by atoms with van der Waals surface area (Å²) in [6, 6.07) is 14.6. The Labute approximate surface area is 173 Å². The van der Waals surface area contributed by atoms with Gasteiger partial charge in [0.05, 0.1) is 30.1 Å². The molecular weight excluding hydrogens is 392 g/mol. The molecule has 1 aliphatic heterocycles. The van der Waals surface area contributed by atoms with Crippen LogP contribution in [0.2, 0.25) is 5.02 Å². The van der Waals surface area contributed by atoms with Crippen molar-refractivity contribution in [3.8, 4) is 0 Å². The lowest BCUT2D eigenvalue weighted by atomic mass is 10.0. The largest absolute Gasteiger partial charge is 0.383 e. The topological polar surface area (TPSA) is 76.5 Å². The van der Waals surface area contributed by atoms with Crippen molar-refractivity contribution < 1.29 is 14.3 Å². The van der Waals surface area contributed by atoms with Crippen LogP contribution in [0.3, 0.4) is 0 Å². The van der Waals surface area contributed by atoms with Gasteiger partial charge in [0.2, 0.25) is 17.8 Å².